The second kappa shape index (κ2) is 3.64. The molecule has 0 bridgehead atoms. The fourth-order valence-electron chi connectivity index (χ4n) is 2.06. The standard InChI is InChI=1S/C12H14N4/c13-10-4-6-15-12(10)16-9-2-1-8-3-5-14-11(8)7-9/h1-3,5,7,12-16H,4,6H2. The third-order valence-corrected chi connectivity index (χ3v) is 2.96. The molecule has 0 radical (unpaired) electrons. The van der Waals surface area contributed by atoms with E-state index in [2.05, 4.69) is 33.8 Å². The molecule has 82 valence electrons. The van der Waals surface area contributed by atoms with Crippen molar-refractivity contribution in [1.82, 2.24) is 10.3 Å². The summed E-state index contributed by atoms with van der Waals surface area (Å²) >= 11 is 0. The molecule has 0 aliphatic carbocycles. The van der Waals surface area contributed by atoms with Gasteiger partial charge in [-0.3, -0.25) is 5.32 Å². The molecule has 1 atom stereocenters. The first kappa shape index (κ1) is 9.42. The summed E-state index contributed by atoms with van der Waals surface area (Å²) in [6.07, 6.45) is 2.76. The van der Waals surface area contributed by atoms with E-state index in [-0.39, 0.29) is 6.17 Å². The third-order valence-electron chi connectivity index (χ3n) is 2.96. The van der Waals surface area contributed by atoms with Crippen LogP contribution in [-0.4, -0.2) is 23.4 Å². The summed E-state index contributed by atoms with van der Waals surface area (Å²) in [5.41, 5.74) is 2.89. The molecular weight excluding hydrogens is 200 g/mol. The number of hydrogen-bond acceptors (Lipinski definition) is 3. The van der Waals surface area contributed by atoms with Crippen LogP contribution < -0.4 is 10.6 Å². The van der Waals surface area contributed by atoms with Crippen molar-refractivity contribution in [1.29, 1.82) is 5.41 Å². The molecule has 1 aromatic heterocycles. The van der Waals surface area contributed by atoms with Crippen molar-refractivity contribution in [2.75, 3.05) is 11.9 Å². The molecule has 1 aliphatic heterocycles. The largest absolute Gasteiger partial charge is 0.365 e. The van der Waals surface area contributed by atoms with E-state index in [4.69, 9.17) is 5.41 Å². The van der Waals surface area contributed by atoms with Gasteiger partial charge in [0.05, 0.1) is 0 Å². The number of benzene rings is 1. The molecule has 4 N–H and O–H groups in total. The Labute approximate surface area is 93.6 Å². The van der Waals surface area contributed by atoms with E-state index in [0.717, 1.165) is 29.9 Å². The van der Waals surface area contributed by atoms with Gasteiger partial charge in [-0.25, -0.2) is 0 Å². The smallest absolute Gasteiger partial charge is 0.116 e. The maximum atomic E-state index is 7.76. The summed E-state index contributed by atoms with van der Waals surface area (Å²) in [4.78, 5) is 3.18. The molecule has 4 heteroatoms. The van der Waals surface area contributed by atoms with E-state index in [1.165, 1.54) is 5.39 Å². The fourth-order valence-corrected chi connectivity index (χ4v) is 2.06. The van der Waals surface area contributed by atoms with Gasteiger partial charge in [0.25, 0.3) is 0 Å². The van der Waals surface area contributed by atoms with E-state index in [0.29, 0.717) is 0 Å². The van der Waals surface area contributed by atoms with Gasteiger partial charge in [0, 0.05) is 36.1 Å². The average Bonchev–Trinajstić information content (AvgIpc) is 2.88. The van der Waals surface area contributed by atoms with Gasteiger partial charge in [-0.05, 0) is 23.6 Å². The van der Waals surface area contributed by atoms with Gasteiger partial charge in [0.15, 0.2) is 0 Å². The van der Waals surface area contributed by atoms with Gasteiger partial charge in [0.1, 0.15) is 6.17 Å². The molecule has 1 fully saturated rings. The second-order valence-corrected chi connectivity index (χ2v) is 4.09. The van der Waals surface area contributed by atoms with Gasteiger partial charge in [-0.15, -0.1) is 0 Å². The van der Waals surface area contributed by atoms with E-state index in [1.807, 2.05) is 12.3 Å². The Morgan fingerprint density at radius 1 is 1.31 bits per heavy atom. The maximum absolute atomic E-state index is 7.76. The van der Waals surface area contributed by atoms with Crippen LogP contribution >= 0.6 is 0 Å². The van der Waals surface area contributed by atoms with Gasteiger partial charge in [0.2, 0.25) is 0 Å². The first-order valence-electron chi connectivity index (χ1n) is 5.47. The van der Waals surface area contributed by atoms with Crippen molar-refractivity contribution in [3.63, 3.8) is 0 Å². The first-order valence-corrected chi connectivity index (χ1v) is 5.47. The van der Waals surface area contributed by atoms with Crippen molar-refractivity contribution in [3.05, 3.63) is 30.5 Å². The number of aromatic amines is 1. The van der Waals surface area contributed by atoms with Crippen molar-refractivity contribution < 1.29 is 0 Å². The molecule has 1 unspecified atom stereocenters. The maximum Gasteiger partial charge on any atom is 0.116 e. The summed E-state index contributed by atoms with van der Waals surface area (Å²) in [6.45, 7) is 0.890. The van der Waals surface area contributed by atoms with Crippen molar-refractivity contribution in [2.24, 2.45) is 0 Å². The minimum Gasteiger partial charge on any atom is -0.365 e. The highest BCUT2D eigenvalue weighted by Gasteiger charge is 2.19. The normalized spacial score (nSPS) is 20.5. The number of nitrogens with one attached hydrogen (secondary N) is 4. The summed E-state index contributed by atoms with van der Waals surface area (Å²) in [6, 6.07) is 8.24. The van der Waals surface area contributed by atoms with E-state index < -0.39 is 0 Å². The molecule has 3 rings (SSSR count). The predicted octanol–water partition coefficient (Wildman–Crippen LogP) is 1.92. The van der Waals surface area contributed by atoms with Crippen LogP contribution in [0.4, 0.5) is 5.69 Å². The zero-order valence-corrected chi connectivity index (χ0v) is 8.88. The van der Waals surface area contributed by atoms with Crippen LogP contribution in [0.5, 0.6) is 0 Å². The average molecular weight is 214 g/mol. The van der Waals surface area contributed by atoms with Crippen LogP contribution in [0.3, 0.4) is 0 Å². The minimum atomic E-state index is -0.00703. The lowest BCUT2D eigenvalue weighted by Crippen LogP contribution is -2.34. The highest BCUT2D eigenvalue weighted by atomic mass is 15.2. The molecule has 16 heavy (non-hydrogen) atoms. The summed E-state index contributed by atoms with van der Waals surface area (Å²) < 4.78 is 0. The van der Waals surface area contributed by atoms with E-state index in [1.54, 1.807) is 0 Å². The topological polar surface area (TPSA) is 63.7 Å². The SMILES string of the molecule is N=C1CCNC1Nc1ccc2cc[nH]c2c1. The van der Waals surface area contributed by atoms with Crippen LogP contribution in [0.15, 0.2) is 30.5 Å². The fraction of sp³-hybridized carbons (Fsp3) is 0.250. The van der Waals surface area contributed by atoms with Crippen LogP contribution in [0.25, 0.3) is 10.9 Å². The molecule has 2 aromatic rings. The first-order chi connectivity index (χ1) is 7.83. The number of aromatic nitrogens is 1. The zero-order valence-electron chi connectivity index (χ0n) is 8.88. The quantitative estimate of drug-likeness (QED) is 0.617. The van der Waals surface area contributed by atoms with Crippen LogP contribution in [0.1, 0.15) is 6.42 Å². The Morgan fingerprint density at radius 2 is 2.25 bits per heavy atom. The lowest BCUT2D eigenvalue weighted by Gasteiger charge is -2.14. The number of H-pyrrole nitrogens is 1. The van der Waals surface area contributed by atoms with Crippen molar-refractivity contribution in [2.45, 2.75) is 12.6 Å². The molecule has 1 aliphatic rings. The molecule has 1 aromatic carbocycles. The molecule has 0 spiro atoms. The molecule has 0 saturated carbocycles. The Balaban J connectivity index is 1.85. The summed E-state index contributed by atoms with van der Waals surface area (Å²) in [7, 11) is 0. The number of fused-ring (bicyclic) bond motifs is 1. The highest BCUT2D eigenvalue weighted by molar-refractivity contribution is 5.91. The van der Waals surface area contributed by atoms with Crippen LogP contribution in [-0.2, 0) is 0 Å². The number of anilines is 1. The minimum absolute atomic E-state index is 0.00703. The predicted molar refractivity (Wildman–Crippen MR) is 66.1 cm³/mol. The zero-order chi connectivity index (χ0) is 11.0. The van der Waals surface area contributed by atoms with Gasteiger partial charge >= 0.3 is 0 Å². The van der Waals surface area contributed by atoms with Crippen molar-refractivity contribution in [3.8, 4) is 0 Å². The molecular formula is C12H14N4. The molecule has 1 saturated heterocycles. The second-order valence-electron chi connectivity index (χ2n) is 4.09. The number of rotatable bonds is 2. The number of hydrogen-bond donors (Lipinski definition) is 4. The lowest BCUT2D eigenvalue weighted by atomic mass is 10.2. The third kappa shape index (κ3) is 1.57. The molecule has 2 heterocycles. The van der Waals surface area contributed by atoms with E-state index in [9.17, 15) is 0 Å². The Kier molecular flexibility index (Phi) is 2.15. The monoisotopic (exact) mass is 214 g/mol. The summed E-state index contributed by atoms with van der Waals surface area (Å²) in [5, 5.41) is 15.5. The van der Waals surface area contributed by atoms with Gasteiger partial charge in [-0.1, -0.05) is 6.07 Å². The van der Waals surface area contributed by atoms with Crippen LogP contribution in [0, 0.1) is 5.41 Å². The van der Waals surface area contributed by atoms with Gasteiger partial charge < -0.3 is 15.7 Å². The highest BCUT2D eigenvalue weighted by Crippen LogP contribution is 2.18. The summed E-state index contributed by atoms with van der Waals surface area (Å²) in [5.74, 6) is 0. The van der Waals surface area contributed by atoms with Crippen LogP contribution in [0.2, 0.25) is 0 Å². The lowest BCUT2D eigenvalue weighted by molar-refractivity contribution is 0.750. The molecule has 4 nitrogen and oxygen atoms in total. The van der Waals surface area contributed by atoms with Crippen molar-refractivity contribution >= 4 is 22.3 Å². The Morgan fingerprint density at radius 3 is 3.06 bits per heavy atom. The Bertz CT molecular complexity index is 529. The van der Waals surface area contributed by atoms with E-state index >= 15 is 0 Å². The Hall–Kier alpha value is -1.81. The molecule has 0 amide bonds. The van der Waals surface area contributed by atoms with Gasteiger partial charge in [-0.2, -0.15) is 0 Å².